The summed E-state index contributed by atoms with van der Waals surface area (Å²) in [7, 11) is 0. The Balaban J connectivity index is 1.18. The molecule has 1 N–H and O–H groups in total. The fourth-order valence-electron chi connectivity index (χ4n) is 7.34. The topological polar surface area (TPSA) is 78.2 Å². The number of hydrogen-bond donors (Lipinski definition) is 1. The van der Waals surface area contributed by atoms with Gasteiger partial charge in [-0.2, -0.15) is 5.10 Å². The van der Waals surface area contributed by atoms with Gasteiger partial charge in [0.1, 0.15) is 12.1 Å². The molecule has 4 aliphatic rings. The molecule has 1 amide bonds. The van der Waals surface area contributed by atoms with E-state index in [1.807, 2.05) is 21.5 Å². The van der Waals surface area contributed by atoms with Crippen LogP contribution >= 0.6 is 0 Å². The lowest BCUT2D eigenvalue weighted by atomic mass is 9.67. The highest BCUT2D eigenvalue weighted by Crippen LogP contribution is 2.53. The lowest BCUT2D eigenvalue weighted by molar-refractivity contribution is -0.121. The normalized spacial score (nSPS) is 26.4. The van der Waals surface area contributed by atoms with Crippen molar-refractivity contribution in [1.82, 2.24) is 29.7 Å². The van der Waals surface area contributed by atoms with Crippen LogP contribution in [-0.2, 0) is 21.4 Å². The first-order valence-electron chi connectivity index (χ1n) is 15.1. The van der Waals surface area contributed by atoms with Crippen LogP contribution in [0.1, 0.15) is 49.9 Å². The highest BCUT2D eigenvalue weighted by atomic mass is 19.1. The van der Waals surface area contributed by atoms with Crippen molar-refractivity contribution in [2.24, 2.45) is 0 Å². The molecule has 3 atom stereocenters. The first kappa shape index (κ1) is 26.9. The number of hydrogen-bond acceptors (Lipinski definition) is 7. The standard InChI is InChI=1S/C31H40FN7O2/c1-21-15-37(26(14-33-21)16-36-10-11-41-18-22(36)2)17-28(40)38-19-31(8-3-9-31)29-27(38)13-24(30-34-20-35-39(29)30)12-23-4-6-25(32)7-5-23/h4-7,13,20-22,26,33H,3,8-12,14-19H2,1-2H3/t21-,22-,26-/m1/s1. The lowest BCUT2D eigenvalue weighted by Gasteiger charge is -2.44. The average Bonchev–Trinajstić information content (AvgIpc) is 3.56. The van der Waals surface area contributed by atoms with E-state index in [2.05, 4.69) is 45.1 Å². The molecule has 218 valence electrons. The van der Waals surface area contributed by atoms with E-state index < -0.39 is 0 Å². The Bertz CT molecular complexity index is 1420. The number of carbonyl (C=O) groups is 1. The third-order valence-electron chi connectivity index (χ3n) is 9.79. The summed E-state index contributed by atoms with van der Waals surface area (Å²) in [6, 6.07) is 9.75. The molecular weight excluding hydrogens is 521 g/mol. The largest absolute Gasteiger partial charge is 0.379 e. The van der Waals surface area contributed by atoms with E-state index in [4.69, 9.17) is 4.74 Å². The summed E-state index contributed by atoms with van der Waals surface area (Å²) < 4.78 is 21.2. The minimum Gasteiger partial charge on any atom is -0.379 e. The lowest BCUT2D eigenvalue weighted by Crippen LogP contribution is -2.62. The number of ether oxygens (including phenoxy) is 1. The molecule has 1 aromatic carbocycles. The number of nitrogens with one attached hydrogen (secondary N) is 1. The highest BCUT2D eigenvalue weighted by Gasteiger charge is 2.51. The summed E-state index contributed by atoms with van der Waals surface area (Å²) in [4.78, 5) is 25.8. The monoisotopic (exact) mass is 561 g/mol. The van der Waals surface area contributed by atoms with Gasteiger partial charge in [-0.05, 0) is 50.5 Å². The van der Waals surface area contributed by atoms with E-state index in [-0.39, 0.29) is 23.2 Å². The average molecular weight is 562 g/mol. The summed E-state index contributed by atoms with van der Waals surface area (Å²) in [5.74, 6) is -0.0982. The van der Waals surface area contributed by atoms with E-state index in [9.17, 15) is 9.18 Å². The number of piperazine rings is 1. The zero-order valence-corrected chi connectivity index (χ0v) is 24.1. The molecule has 5 heterocycles. The van der Waals surface area contributed by atoms with E-state index >= 15 is 0 Å². The molecule has 0 unspecified atom stereocenters. The van der Waals surface area contributed by atoms with Crippen molar-refractivity contribution >= 4 is 17.2 Å². The van der Waals surface area contributed by atoms with Crippen molar-refractivity contribution in [1.29, 1.82) is 0 Å². The Hall–Kier alpha value is -2.92. The maximum atomic E-state index is 14.2. The van der Waals surface area contributed by atoms with Gasteiger partial charge in [0.05, 0.1) is 31.1 Å². The Morgan fingerprint density at radius 1 is 1.20 bits per heavy atom. The van der Waals surface area contributed by atoms with Crippen LogP contribution in [0.5, 0.6) is 0 Å². The number of amides is 1. The Labute approximate surface area is 240 Å². The third-order valence-corrected chi connectivity index (χ3v) is 9.79. The fourth-order valence-corrected chi connectivity index (χ4v) is 7.34. The number of anilines is 1. The number of aromatic nitrogens is 3. The second kappa shape index (κ2) is 10.7. The minimum atomic E-state index is -0.248. The molecule has 1 aliphatic carbocycles. The highest BCUT2D eigenvalue weighted by molar-refractivity contribution is 5.98. The van der Waals surface area contributed by atoms with Gasteiger partial charge in [-0.15, -0.1) is 0 Å². The molecule has 1 saturated carbocycles. The van der Waals surface area contributed by atoms with Gasteiger partial charge >= 0.3 is 0 Å². The molecule has 2 saturated heterocycles. The fraction of sp³-hybridized carbons (Fsp3) is 0.581. The Morgan fingerprint density at radius 3 is 2.78 bits per heavy atom. The summed E-state index contributed by atoms with van der Waals surface area (Å²) >= 11 is 0. The van der Waals surface area contributed by atoms with Crippen LogP contribution in [0.15, 0.2) is 36.7 Å². The van der Waals surface area contributed by atoms with Gasteiger partial charge in [-0.1, -0.05) is 18.6 Å². The van der Waals surface area contributed by atoms with Gasteiger partial charge in [0, 0.05) is 68.2 Å². The van der Waals surface area contributed by atoms with Crippen molar-refractivity contribution in [2.45, 2.75) is 63.1 Å². The quantitative estimate of drug-likeness (QED) is 0.496. The number of carbonyl (C=O) groups excluding carboxylic acids is 1. The number of benzene rings is 1. The van der Waals surface area contributed by atoms with Crippen LogP contribution < -0.4 is 10.2 Å². The minimum absolute atomic E-state index is 0.0648. The predicted molar refractivity (Wildman–Crippen MR) is 155 cm³/mol. The van der Waals surface area contributed by atoms with Crippen LogP contribution in [0.3, 0.4) is 0 Å². The van der Waals surface area contributed by atoms with Crippen molar-refractivity contribution in [3.05, 3.63) is 59.3 Å². The summed E-state index contributed by atoms with van der Waals surface area (Å²) in [6.45, 7) is 10.6. The molecule has 7 rings (SSSR count). The van der Waals surface area contributed by atoms with Crippen LogP contribution in [0, 0.1) is 5.82 Å². The summed E-state index contributed by atoms with van der Waals surface area (Å²) in [5.41, 5.74) is 4.85. The third kappa shape index (κ3) is 4.94. The molecule has 2 aromatic heterocycles. The summed E-state index contributed by atoms with van der Waals surface area (Å²) in [5, 5.41) is 8.30. The van der Waals surface area contributed by atoms with Crippen molar-refractivity contribution in [3.8, 4) is 0 Å². The van der Waals surface area contributed by atoms with Crippen LogP contribution in [0.25, 0.3) is 5.65 Å². The number of nitrogens with zero attached hydrogens (tertiary/aromatic N) is 6. The number of rotatable bonds is 6. The number of morpholine rings is 1. The second-order valence-electron chi connectivity index (χ2n) is 12.6. The van der Waals surface area contributed by atoms with Gasteiger partial charge < -0.3 is 15.0 Å². The number of halogens is 1. The first-order valence-corrected chi connectivity index (χ1v) is 15.1. The summed E-state index contributed by atoms with van der Waals surface area (Å²) in [6.07, 6.45) is 5.47. The molecule has 0 bridgehead atoms. The maximum absolute atomic E-state index is 14.2. The molecule has 3 aliphatic heterocycles. The number of pyridine rings is 1. The molecular formula is C31H40FN7O2. The molecule has 3 fully saturated rings. The van der Waals surface area contributed by atoms with Crippen LogP contribution in [0.4, 0.5) is 10.1 Å². The van der Waals surface area contributed by atoms with Crippen LogP contribution in [0.2, 0.25) is 0 Å². The molecule has 9 nitrogen and oxygen atoms in total. The molecule has 3 aromatic rings. The number of fused-ring (bicyclic) bond motifs is 4. The van der Waals surface area contributed by atoms with E-state index in [0.717, 1.165) is 86.8 Å². The maximum Gasteiger partial charge on any atom is 0.241 e. The van der Waals surface area contributed by atoms with E-state index in [1.54, 1.807) is 6.33 Å². The second-order valence-corrected chi connectivity index (χ2v) is 12.6. The molecule has 41 heavy (non-hydrogen) atoms. The molecule has 0 radical (unpaired) electrons. The van der Waals surface area contributed by atoms with E-state index in [0.29, 0.717) is 31.6 Å². The Morgan fingerprint density at radius 2 is 2.02 bits per heavy atom. The van der Waals surface area contributed by atoms with Crippen molar-refractivity contribution in [2.75, 3.05) is 57.4 Å². The van der Waals surface area contributed by atoms with Gasteiger partial charge in [0.2, 0.25) is 5.91 Å². The molecule has 1 spiro atoms. The van der Waals surface area contributed by atoms with Gasteiger partial charge in [-0.25, -0.2) is 13.9 Å². The zero-order chi connectivity index (χ0) is 28.1. The Kier molecular flexibility index (Phi) is 7.05. The van der Waals surface area contributed by atoms with Gasteiger partial charge in [0.15, 0.2) is 5.65 Å². The predicted octanol–water partition coefficient (Wildman–Crippen LogP) is 2.61. The van der Waals surface area contributed by atoms with Gasteiger partial charge in [-0.3, -0.25) is 14.6 Å². The van der Waals surface area contributed by atoms with Crippen molar-refractivity contribution in [3.63, 3.8) is 0 Å². The van der Waals surface area contributed by atoms with Crippen molar-refractivity contribution < 1.29 is 13.9 Å². The zero-order valence-electron chi connectivity index (χ0n) is 24.1. The SMILES string of the molecule is C[C@@H]1CN(CC(=O)N2CC3(CCC3)c3c2cc(Cc2ccc(F)cc2)c2ncnn32)[C@@H](CN2CCOC[C@H]2C)CN1. The smallest absolute Gasteiger partial charge is 0.241 e. The molecule has 10 heteroatoms. The van der Waals surface area contributed by atoms with Crippen LogP contribution in [-0.4, -0.2) is 101 Å². The van der Waals surface area contributed by atoms with E-state index in [1.165, 1.54) is 12.1 Å². The van der Waals surface area contributed by atoms with Gasteiger partial charge in [0.25, 0.3) is 0 Å². The first-order chi connectivity index (χ1) is 19.9.